The molecule has 0 aromatic carbocycles. The van der Waals surface area contributed by atoms with Crippen molar-refractivity contribution in [1.82, 2.24) is 0 Å². The van der Waals surface area contributed by atoms with E-state index in [4.69, 9.17) is 16.6 Å². The first-order valence-corrected chi connectivity index (χ1v) is 3.37. The molecule has 0 amide bonds. The van der Waals surface area contributed by atoms with E-state index in [1.165, 1.54) is 0 Å². The van der Waals surface area contributed by atoms with E-state index in [-0.39, 0.29) is 18.6 Å². The molecule has 5 heteroatoms. The van der Waals surface area contributed by atoms with Crippen LogP contribution in [-0.4, -0.2) is 23.7 Å². The van der Waals surface area contributed by atoms with Crippen molar-refractivity contribution in [2.75, 3.05) is 6.54 Å². The molecule has 4 nitrogen and oxygen atoms in total. The van der Waals surface area contributed by atoms with Gasteiger partial charge in [0.2, 0.25) is 0 Å². The van der Waals surface area contributed by atoms with E-state index in [0.717, 1.165) is 12.8 Å². The third kappa shape index (κ3) is 7.88. The minimum absolute atomic E-state index is 0. The maximum absolute atomic E-state index is 10.1. The maximum Gasteiger partial charge on any atom is 0.320 e. The predicted octanol–water partition coefficient (Wildman–Crippen LogP) is -0.475. The largest absolute Gasteiger partial charge is 0.480 e. The van der Waals surface area contributed by atoms with Crippen LogP contribution in [-0.2, 0) is 23.4 Å². The second kappa shape index (κ2) is 8.07. The molecular weight excluding hydrogens is 183 g/mol. The van der Waals surface area contributed by atoms with Crippen LogP contribution >= 0.6 is 0 Å². The maximum atomic E-state index is 10.1. The zero-order valence-electron chi connectivity index (χ0n) is 6.36. The Bertz CT molecular complexity index is 111. The Morgan fingerprint density at radius 2 is 2.00 bits per heavy atom. The minimum Gasteiger partial charge on any atom is -0.480 e. The molecule has 0 aliphatic rings. The summed E-state index contributed by atoms with van der Waals surface area (Å²) in [6.07, 6.45) is 2.16. The fourth-order valence-electron chi connectivity index (χ4n) is 0.632. The summed E-state index contributed by atoms with van der Waals surface area (Å²) in [4.78, 5) is 10.1. The van der Waals surface area contributed by atoms with Gasteiger partial charge in [-0.1, -0.05) is 6.42 Å². The normalized spacial score (nSPS) is 11.8. The number of hydrogen-bond donors (Lipinski definition) is 3. The molecule has 0 spiro atoms. The average Bonchev–Trinajstić information content (AvgIpc) is 1.88. The number of carbonyl (C=O) groups is 1. The van der Waals surface area contributed by atoms with Crippen LogP contribution < -0.4 is 11.5 Å². The summed E-state index contributed by atoms with van der Waals surface area (Å²) in [5, 5.41) is 8.33. The molecule has 1 radical (unpaired) electrons. The molecule has 0 aliphatic carbocycles. The summed E-state index contributed by atoms with van der Waals surface area (Å²) >= 11 is 0. The fourth-order valence-corrected chi connectivity index (χ4v) is 0.632. The summed E-state index contributed by atoms with van der Waals surface area (Å²) in [5.74, 6) is -0.933. The quantitative estimate of drug-likeness (QED) is 0.519. The summed E-state index contributed by atoms with van der Waals surface area (Å²) in [6, 6.07) is -0.716. The predicted molar refractivity (Wildman–Crippen MR) is 38.5 cm³/mol. The van der Waals surface area contributed by atoms with Crippen LogP contribution in [0.2, 0.25) is 0 Å². The van der Waals surface area contributed by atoms with E-state index in [2.05, 4.69) is 0 Å². The van der Waals surface area contributed by atoms with Gasteiger partial charge in [0.15, 0.2) is 0 Å². The molecule has 0 saturated carbocycles. The van der Waals surface area contributed by atoms with E-state index in [0.29, 0.717) is 13.0 Å². The summed E-state index contributed by atoms with van der Waals surface area (Å²) < 4.78 is 0. The molecule has 0 heterocycles. The number of hydrogen-bond acceptors (Lipinski definition) is 3. The van der Waals surface area contributed by atoms with Crippen molar-refractivity contribution in [2.24, 2.45) is 11.5 Å². The van der Waals surface area contributed by atoms with Gasteiger partial charge in [0, 0.05) is 18.6 Å². The van der Waals surface area contributed by atoms with Crippen LogP contribution in [0.5, 0.6) is 0 Å². The van der Waals surface area contributed by atoms with Crippen molar-refractivity contribution in [3.8, 4) is 0 Å². The van der Waals surface area contributed by atoms with Crippen LogP contribution in [0.15, 0.2) is 0 Å². The Morgan fingerprint density at radius 1 is 1.45 bits per heavy atom. The number of rotatable bonds is 5. The molecule has 1 unspecified atom stereocenters. The standard InChI is InChI=1S/C6H14N2O2.V/c7-4-2-1-3-5(8)6(9)10;/h5H,1-4,7-8H2,(H,9,10);. The zero-order chi connectivity index (χ0) is 7.98. The topological polar surface area (TPSA) is 89.3 Å². The first-order valence-electron chi connectivity index (χ1n) is 3.37. The monoisotopic (exact) mass is 197 g/mol. The van der Waals surface area contributed by atoms with Crippen LogP contribution in [0.4, 0.5) is 0 Å². The first-order chi connectivity index (χ1) is 4.68. The molecule has 5 N–H and O–H groups in total. The molecule has 0 aromatic heterocycles. The van der Waals surface area contributed by atoms with E-state index in [1.54, 1.807) is 0 Å². The van der Waals surface area contributed by atoms with Crippen molar-refractivity contribution < 1.29 is 28.5 Å². The number of aliphatic carboxylic acids is 1. The molecule has 11 heavy (non-hydrogen) atoms. The third-order valence-electron chi connectivity index (χ3n) is 1.29. The number of carboxylic acid groups (broad SMARTS) is 1. The summed E-state index contributed by atoms with van der Waals surface area (Å²) in [5.41, 5.74) is 10.4. The molecular formula is C6H14N2O2V. The van der Waals surface area contributed by atoms with Crippen LogP contribution in [0, 0.1) is 0 Å². The van der Waals surface area contributed by atoms with E-state index in [1.807, 2.05) is 0 Å². The average molecular weight is 197 g/mol. The SMILES string of the molecule is NCCCCC(N)C(=O)O.[V]. The second-order valence-electron chi connectivity index (χ2n) is 2.23. The Morgan fingerprint density at radius 3 is 2.36 bits per heavy atom. The second-order valence-corrected chi connectivity index (χ2v) is 2.23. The number of unbranched alkanes of at least 4 members (excludes halogenated alkanes) is 1. The van der Waals surface area contributed by atoms with Crippen LogP contribution in [0.1, 0.15) is 19.3 Å². The van der Waals surface area contributed by atoms with Crippen LogP contribution in [0.25, 0.3) is 0 Å². The van der Waals surface area contributed by atoms with Gasteiger partial charge >= 0.3 is 5.97 Å². The molecule has 0 fully saturated rings. The van der Waals surface area contributed by atoms with Gasteiger partial charge in [0.25, 0.3) is 0 Å². The van der Waals surface area contributed by atoms with Gasteiger partial charge in [-0.25, -0.2) is 0 Å². The molecule has 65 valence electrons. The van der Waals surface area contributed by atoms with E-state index in [9.17, 15) is 4.79 Å². The Labute approximate surface area is 78.2 Å². The van der Waals surface area contributed by atoms with Gasteiger partial charge in [-0.15, -0.1) is 0 Å². The first kappa shape index (κ1) is 13.6. The molecule has 1 atom stereocenters. The van der Waals surface area contributed by atoms with Crippen LogP contribution in [0.3, 0.4) is 0 Å². The van der Waals surface area contributed by atoms with Crippen molar-refractivity contribution in [1.29, 1.82) is 0 Å². The smallest absolute Gasteiger partial charge is 0.320 e. The summed E-state index contributed by atoms with van der Waals surface area (Å²) in [6.45, 7) is 0.604. The van der Waals surface area contributed by atoms with Gasteiger partial charge in [0.1, 0.15) is 6.04 Å². The zero-order valence-corrected chi connectivity index (χ0v) is 7.76. The van der Waals surface area contributed by atoms with Gasteiger partial charge in [-0.2, -0.15) is 0 Å². The fraction of sp³-hybridized carbons (Fsp3) is 0.833. The molecule has 0 saturated heterocycles. The molecule has 0 rings (SSSR count). The van der Waals surface area contributed by atoms with E-state index >= 15 is 0 Å². The molecule has 0 bridgehead atoms. The third-order valence-corrected chi connectivity index (χ3v) is 1.29. The minimum atomic E-state index is -0.933. The van der Waals surface area contributed by atoms with Crippen molar-refractivity contribution in [3.63, 3.8) is 0 Å². The van der Waals surface area contributed by atoms with Crippen molar-refractivity contribution in [3.05, 3.63) is 0 Å². The number of nitrogens with two attached hydrogens (primary N) is 2. The Balaban J connectivity index is 0. The van der Waals surface area contributed by atoms with Crippen molar-refractivity contribution >= 4 is 5.97 Å². The molecule has 0 aliphatic heterocycles. The van der Waals surface area contributed by atoms with Gasteiger partial charge < -0.3 is 16.6 Å². The Kier molecular flexibility index (Phi) is 9.95. The van der Waals surface area contributed by atoms with Gasteiger partial charge in [0.05, 0.1) is 0 Å². The summed E-state index contributed by atoms with van der Waals surface area (Å²) in [7, 11) is 0. The number of carboxylic acids is 1. The van der Waals surface area contributed by atoms with Gasteiger partial charge in [-0.05, 0) is 19.4 Å². The Hall–Kier alpha value is -0.0256. The van der Waals surface area contributed by atoms with Crippen molar-refractivity contribution in [2.45, 2.75) is 25.3 Å². The van der Waals surface area contributed by atoms with E-state index < -0.39 is 12.0 Å². The van der Waals surface area contributed by atoms with Gasteiger partial charge in [-0.3, -0.25) is 4.79 Å². The molecule has 0 aromatic rings.